The Morgan fingerprint density at radius 3 is 2.72 bits per heavy atom. The molecule has 0 bridgehead atoms. The minimum atomic E-state index is -0.607. The van der Waals surface area contributed by atoms with E-state index in [1.165, 1.54) is 11.1 Å². The second-order valence-corrected chi connectivity index (χ2v) is 9.19. The van der Waals surface area contributed by atoms with Crippen LogP contribution >= 0.6 is 0 Å². The van der Waals surface area contributed by atoms with Gasteiger partial charge in [0.1, 0.15) is 0 Å². The van der Waals surface area contributed by atoms with Crippen molar-refractivity contribution in [3.05, 3.63) is 76.2 Å². The molecule has 2 atom stereocenters. The van der Waals surface area contributed by atoms with Crippen LogP contribution in [0.5, 0.6) is 0 Å². The van der Waals surface area contributed by atoms with Gasteiger partial charge in [-0.05, 0) is 60.0 Å². The highest BCUT2D eigenvalue weighted by atomic mass is 16.3. The second-order valence-electron chi connectivity index (χ2n) is 9.19. The van der Waals surface area contributed by atoms with E-state index in [2.05, 4.69) is 34.1 Å². The summed E-state index contributed by atoms with van der Waals surface area (Å²) in [5.41, 5.74) is 3.68. The molecule has 6 nitrogen and oxygen atoms in total. The van der Waals surface area contributed by atoms with Gasteiger partial charge in [0.05, 0.1) is 18.8 Å². The molecule has 0 saturated carbocycles. The van der Waals surface area contributed by atoms with Gasteiger partial charge in [0.25, 0.3) is 5.56 Å². The summed E-state index contributed by atoms with van der Waals surface area (Å²) >= 11 is 0. The number of hydrogen-bond donors (Lipinski definition) is 2. The molecule has 32 heavy (non-hydrogen) atoms. The normalized spacial score (nSPS) is 20.3. The van der Waals surface area contributed by atoms with Crippen LogP contribution in [0.1, 0.15) is 24.0 Å². The van der Waals surface area contributed by atoms with Crippen LogP contribution in [-0.4, -0.2) is 58.1 Å². The molecule has 2 aliphatic rings. The first-order chi connectivity index (χ1) is 15.6. The van der Waals surface area contributed by atoms with E-state index < -0.39 is 6.10 Å². The van der Waals surface area contributed by atoms with Crippen LogP contribution in [-0.2, 0) is 19.5 Å². The average molecular weight is 434 g/mol. The van der Waals surface area contributed by atoms with E-state index in [9.17, 15) is 15.0 Å². The number of fused-ring (bicyclic) bond motifs is 2. The van der Waals surface area contributed by atoms with Crippen LogP contribution in [0.25, 0.3) is 10.8 Å². The van der Waals surface area contributed by atoms with Gasteiger partial charge < -0.3 is 19.7 Å². The topological polar surface area (TPSA) is 68.9 Å². The lowest BCUT2D eigenvalue weighted by molar-refractivity contribution is 0.0911. The summed E-state index contributed by atoms with van der Waals surface area (Å²) in [7, 11) is 0. The highest BCUT2D eigenvalue weighted by Crippen LogP contribution is 2.24. The van der Waals surface area contributed by atoms with E-state index >= 15 is 0 Å². The van der Waals surface area contributed by atoms with Crippen LogP contribution in [0.2, 0.25) is 0 Å². The van der Waals surface area contributed by atoms with Crippen LogP contribution in [0, 0.1) is 0 Å². The molecule has 1 saturated heterocycles. The Labute approximate surface area is 188 Å². The molecule has 0 amide bonds. The van der Waals surface area contributed by atoms with Gasteiger partial charge in [-0.25, -0.2) is 0 Å². The van der Waals surface area contributed by atoms with Crippen molar-refractivity contribution in [3.8, 4) is 0 Å². The maximum atomic E-state index is 13.0. The van der Waals surface area contributed by atoms with Gasteiger partial charge in [0.15, 0.2) is 0 Å². The summed E-state index contributed by atoms with van der Waals surface area (Å²) in [5.74, 6) is 0. The van der Waals surface area contributed by atoms with Gasteiger partial charge in [-0.15, -0.1) is 0 Å². The molecule has 2 aliphatic heterocycles. The Morgan fingerprint density at radius 2 is 1.88 bits per heavy atom. The first-order valence-electron chi connectivity index (χ1n) is 11.6. The standard InChI is InChI=1S/C26H31N3O3/c30-23-6-3-11-28(17-23)22-7-8-25-20(14-22)10-13-29(26(25)32)18-24(31)16-27-12-9-19-4-1-2-5-21(19)15-27/h1-2,4-5,7-8,10,13-14,23-24,30-31H,3,6,9,11-12,15-18H2/t23?,24-/m1/s1. The quantitative estimate of drug-likeness (QED) is 0.647. The van der Waals surface area contributed by atoms with Crippen molar-refractivity contribution < 1.29 is 10.2 Å². The van der Waals surface area contributed by atoms with Crippen molar-refractivity contribution in [1.82, 2.24) is 9.47 Å². The number of anilines is 1. The van der Waals surface area contributed by atoms with Crippen molar-refractivity contribution in [2.45, 2.75) is 44.6 Å². The van der Waals surface area contributed by atoms with E-state index in [0.29, 0.717) is 18.5 Å². The smallest absolute Gasteiger partial charge is 0.258 e. The van der Waals surface area contributed by atoms with Gasteiger partial charge in [-0.3, -0.25) is 9.69 Å². The third-order valence-electron chi connectivity index (χ3n) is 6.81. The van der Waals surface area contributed by atoms with Crippen LogP contribution < -0.4 is 10.5 Å². The fraction of sp³-hybridized carbons (Fsp3) is 0.423. The highest BCUT2D eigenvalue weighted by molar-refractivity contribution is 5.85. The zero-order chi connectivity index (χ0) is 22.1. The SMILES string of the molecule is O=c1c2ccc(N3CCCC(O)C3)cc2ccn1C[C@H](O)CN1CCc2ccccc2C1. The Morgan fingerprint density at radius 1 is 1.03 bits per heavy atom. The highest BCUT2D eigenvalue weighted by Gasteiger charge is 2.20. The molecular weight excluding hydrogens is 402 g/mol. The zero-order valence-corrected chi connectivity index (χ0v) is 18.4. The number of benzene rings is 2. The zero-order valence-electron chi connectivity index (χ0n) is 18.4. The van der Waals surface area contributed by atoms with Crippen LogP contribution in [0.3, 0.4) is 0 Å². The summed E-state index contributed by atoms with van der Waals surface area (Å²) in [6.07, 6.45) is 3.71. The Balaban J connectivity index is 1.27. The predicted octanol–water partition coefficient (Wildman–Crippen LogP) is 2.38. The number of pyridine rings is 1. The number of rotatable bonds is 5. The van der Waals surface area contributed by atoms with Crippen molar-refractivity contribution in [2.75, 3.05) is 31.1 Å². The number of piperidine rings is 1. The van der Waals surface area contributed by atoms with Crippen molar-refractivity contribution in [2.24, 2.45) is 0 Å². The number of nitrogens with zero attached hydrogens (tertiary/aromatic N) is 3. The summed E-state index contributed by atoms with van der Waals surface area (Å²) < 4.78 is 1.62. The summed E-state index contributed by atoms with van der Waals surface area (Å²) in [6, 6.07) is 16.3. The maximum absolute atomic E-state index is 13.0. The third-order valence-corrected chi connectivity index (χ3v) is 6.81. The molecule has 3 heterocycles. The van der Waals surface area contributed by atoms with E-state index in [1.54, 1.807) is 10.8 Å². The lowest BCUT2D eigenvalue weighted by Crippen LogP contribution is -2.39. The Hall–Kier alpha value is -2.67. The minimum absolute atomic E-state index is 0.0734. The maximum Gasteiger partial charge on any atom is 0.258 e. The molecule has 0 spiro atoms. The fourth-order valence-electron chi connectivity index (χ4n) is 5.10. The number of aliphatic hydroxyl groups is 2. The first kappa shape index (κ1) is 21.2. The largest absolute Gasteiger partial charge is 0.391 e. The molecule has 0 aliphatic carbocycles. The van der Waals surface area contributed by atoms with Gasteiger partial charge in [-0.1, -0.05) is 24.3 Å². The summed E-state index contributed by atoms with van der Waals surface area (Å²) in [4.78, 5) is 17.5. The monoisotopic (exact) mass is 433 g/mol. The molecule has 6 heteroatoms. The Bertz CT molecular complexity index is 1160. The minimum Gasteiger partial charge on any atom is -0.391 e. The molecule has 168 valence electrons. The number of aliphatic hydroxyl groups excluding tert-OH is 2. The van der Waals surface area contributed by atoms with Crippen LogP contribution in [0.15, 0.2) is 59.5 Å². The fourth-order valence-corrected chi connectivity index (χ4v) is 5.10. The molecular formula is C26H31N3O3. The molecule has 5 rings (SSSR count). The predicted molar refractivity (Wildman–Crippen MR) is 127 cm³/mol. The van der Waals surface area contributed by atoms with E-state index in [4.69, 9.17) is 0 Å². The second kappa shape index (κ2) is 9.06. The lowest BCUT2D eigenvalue weighted by Gasteiger charge is -2.32. The number of β-amino-alcohol motifs (C(OH)–C–C–N with tert-alkyl or cyclic N) is 2. The molecule has 2 N–H and O–H groups in total. The third kappa shape index (κ3) is 4.44. The van der Waals surface area contributed by atoms with Gasteiger partial charge in [0.2, 0.25) is 0 Å². The van der Waals surface area contributed by atoms with Gasteiger partial charge >= 0.3 is 0 Å². The van der Waals surface area contributed by atoms with Crippen molar-refractivity contribution >= 4 is 16.5 Å². The van der Waals surface area contributed by atoms with Crippen LogP contribution in [0.4, 0.5) is 5.69 Å². The summed E-state index contributed by atoms with van der Waals surface area (Å²) in [6.45, 7) is 4.16. The Kier molecular flexibility index (Phi) is 6.00. The average Bonchev–Trinajstić information content (AvgIpc) is 2.80. The van der Waals surface area contributed by atoms with E-state index in [-0.39, 0.29) is 18.2 Å². The summed E-state index contributed by atoms with van der Waals surface area (Å²) in [5, 5.41) is 22.2. The molecule has 1 fully saturated rings. The van der Waals surface area contributed by atoms with Gasteiger partial charge in [-0.2, -0.15) is 0 Å². The molecule has 0 radical (unpaired) electrons. The van der Waals surface area contributed by atoms with Gasteiger partial charge in [0, 0.05) is 50.0 Å². The van der Waals surface area contributed by atoms with E-state index in [0.717, 1.165) is 50.0 Å². The first-order valence-corrected chi connectivity index (χ1v) is 11.6. The molecule has 1 unspecified atom stereocenters. The lowest BCUT2D eigenvalue weighted by atomic mass is 10.00. The molecule has 1 aromatic heterocycles. The van der Waals surface area contributed by atoms with Crippen molar-refractivity contribution in [3.63, 3.8) is 0 Å². The number of aromatic nitrogens is 1. The van der Waals surface area contributed by atoms with Crippen molar-refractivity contribution in [1.29, 1.82) is 0 Å². The molecule has 3 aromatic rings. The number of hydrogen-bond acceptors (Lipinski definition) is 5. The molecule has 2 aromatic carbocycles. The van der Waals surface area contributed by atoms with E-state index in [1.807, 2.05) is 24.3 Å².